The van der Waals surface area contributed by atoms with Crippen LogP contribution in [0.3, 0.4) is 0 Å². The van der Waals surface area contributed by atoms with Gasteiger partial charge in [-0.3, -0.25) is 9.59 Å². The Balaban J connectivity index is 1.43. The number of carbonyl (C=O) groups is 2. The number of rotatable bonds is 31. The van der Waals surface area contributed by atoms with Crippen molar-refractivity contribution in [2.45, 2.75) is 139 Å². The van der Waals surface area contributed by atoms with Gasteiger partial charge >= 0.3 is 0 Å². The molecule has 0 bridgehead atoms. The minimum Gasteiger partial charge on any atom is -0.378 e. The fraction of sp³-hybridized carbons (Fsp3) is 0.833. The zero-order chi connectivity index (χ0) is 34.7. The van der Waals surface area contributed by atoms with Crippen LogP contribution in [0.2, 0.25) is 0 Å². The van der Waals surface area contributed by atoms with E-state index in [1.165, 1.54) is 38.5 Å². The Morgan fingerprint density at radius 2 is 1.04 bits per heavy atom. The number of ether oxygens (including phenoxy) is 2. The van der Waals surface area contributed by atoms with Crippen molar-refractivity contribution < 1.29 is 29.3 Å². The third-order valence-electron chi connectivity index (χ3n) is 8.99. The zero-order valence-corrected chi connectivity index (χ0v) is 33.1. The lowest BCUT2D eigenvalue weighted by molar-refractivity contribution is -0.116. The first-order chi connectivity index (χ1) is 23.5. The SMILES string of the molecule is CS[S+](CCC1CCCO1)C(O)CC=CN(C=O)CCCCCCCCCCCCN(C=O)C=CCC(O)[S+](CCC1CCCO1)SC. The van der Waals surface area contributed by atoms with Gasteiger partial charge in [0.25, 0.3) is 0 Å². The van der Waals surface area contributed by atoms with Crippen LogP contribution in [0, 0.1) is 0 Å². The van der Waals surface area contributed by atoms with Crippen molar-refractivity contribution in [3.05, 3.63) is 24.6 Å². The first kappa shape index (κ1) is 43.8. The van der Waals surface area contributed by atoms with Gasteiger partial charge in [-0.05, 0) is 38.5 Å². The second-order valence-electron chi connectivity index (χ2n) is 12.7. The van der Waals surface area contributed by atoms with E-state index >= 15 is 0 Å². The molecule has 0 spiro atoms. The molecule has 6 unspecified atom stereocenters. The summed E-state index contributed by atoms with van der Waals surface area (Å²) in [5.41, 5.74) is -0.758. The second kappa shape index (κ2) is 29.3. The molecule has 2 N–H and O–H groups in total. The van der Waals surface area contributed by atoms with Crippen LogP contribution in [0.15, 0.2) is 24.6 Å². The Kier molecular flexibility index (Phi) is 26.7. The van der Waals surface area contributed by atoms with Crippen molar-refractivity contribution in [2.24, 2.45) is 0 Å². The van der Waals surface area contributed by atoms with Crippen molar-refractivity contribution in [2.75, 3.05) is 50.3 Å². The molecule has 8 nitrogen and oxygen atoms in total. The number of unbranched alkanes of at least 4 members (excludes halogenated alkanes) is 9. The summed E-state index contributed by atoms with van der Waals surface area (Å²) in [6, 6.07) is 0. The van der Waals surface area contributed by atoms with Gasteiger partial charge in [0.2, 0.25) is 23.7 Å². The average Bonchev–Trinajstić information content (AvgIpc) is 3.83. The summed E-state index contributed by atoms with van der Waals surface area (Å²) < 4.78 is 11.4. The molecule has 2 heterocycles. The Bertz CT molecular complexity index is 792. The highest BCUT2D eigenvalue weighted by atomic mass is 33.1. The Hall–Kier alpha value is -0.340. The van der Waals surface area contributed by atoms with E-state index in [9.17, 15) is 19.8 Å². The van der Waals surface area contributed by atoms with Gasteiger partial charge in [-0.25, -0.2) is 0 Å². The van der Waals surface area contributed by atoms with Crippen molar-refractivity contribution in [1.82, 2.24) is 9.80 Å². The van der Waals surface area contributed by atoms with Gasteiger partial charge in [0.15, 0.2) is 0 Å². The Morgan fingerprint density at radius 1 is 0.667 bits per heavy atom. The average molecular weight is 751 g/mol. The van der Waals surface area contributed by atoms with Crippen LogP contribution >= 0.6 is 21.6 Å². The lowest BCUT2D eigenvalue weighted by atomic mass is 10.1. The molecular weight excluding hydrogens is 685 g/mol. The molecule has 0 aromatic heterocycles. The number of aliphatic hydroxyl groups excluding tert-OH is 2. The summed E-state index contributed by atoms with van der Waals surface area (Å²) in [7, 11) is 3.28. The number of hydrogen-bond donors (Lipinski definition) is 2. The van der Waals surface area contributed by atoms with E-state index in [2.05, 4.69) is 12.5 Å². The normalized spacial score (nSPS) is 20.8. The molecule has 12 heteroatoms. The number of aliphatic hydroxyl groups is 2. The largest absolute Gasteiger partial charge is 0.378 e. The zero-order valence-electron chi connectivity index (χ0n) is 29.8. The smallest absolute Gasteiger partial charge is 0.231 e. The minimum absolute atomic E-state index is 0.104. The van der Waals surface area contributed by atoms with E-state index in [-0.39, 0.29) is 30.7 Å². The third kappa shape index (κ3) is 20.5. The molecule has 0 radical (unpaired) electrons. The quantitative estimate of drug-likeness (QED) is 0.0333. The third-order valence-corrected chi connectivity index (χ3v) is 17.6. The van der Waals surface area contributed by atoms with Gasteiger partial charge in [-0.1, -0.05) is 63.5 Å². The maximum atomic E-state index is 11.5. The van der Waals surface area contributed by atoms with E-state index in [0.717, 1.165) is 115 Å². The Labute approximate surface area is 305 Å². The van der Waals surface area contributed by atoms with Crippen molar-refractivity contribution in [1.29, 1.82) is 0 Å². The lowest BCUT2D eigenvalue weighted by Gasteiger charge is -2.14. The lowest BCUT2D eigenvalue weighted by Crippen LogP contribution is -2.23. The topological polar surface area (TPSA) is 99.5 Å². The first-order valence-corrected chi connectivity index (χ1v) is 24.7. The highest BCUT2D eigenvalue weighted by Gasteiger charge is 2.31. The summed E-state index contributed by atoms with van der Waals surface area (Å²) in [5.74, 6) is 1.97. The van der Waals surface area contributed by atoms with E-state index in [1.807, 2.05) is 24.6 Å². The molecule has 6 atom stereocenters. The standard InChI is InChI=1S/C36H66N2O6S4/c1-45-47(29-21-33-17-15-27-43-33)35(41)19-13-25-37(31-39)23-11-9-7-5-3-4-6-8-10-12-24-38(32-40)26-14-20-36(42)48(46-2)30-22-34-18-16-28-44-34/h13-14,25-26,31-36,41-42H,3-12,15-24,27-30H2,1-2H3/q+2. The molecule has 278 valence electrons. The maximum Gasteiger partial charge on any atom is 0.231 e. The fourth-order valence-electron chi connectivity index (χ4n) is 6.07. The van der Waals surface area contributed by atoms with Crippen LogP contribution in [-0.2, 0) is 38.9 Å². The number of hydrogen-bond acceptors (Lipinski definition) is 8. The monoisotopic (exact) mass is 750 g/mol. The van der Waals surface area contributed by atoms with Crippen LogP contribution in [0.25, 0.3) is 0 Å². The number of nitrogens with zero attached hydrogens (tertiary/aromatic N) is 2. The second-order valence-corrected chi connectivity index (χ2v) is 21.4. The highest BCUT2D eigenvalue weighted by Crippen LogP contribution is 2.26. The molecule has 0 aromatic rings. The molecule has 0 saturated carbocycles. The summed E-state index contributed by atoms with van der Waals surface area (Å²) in [5, 5.41) is 21.3. The molecule has 2 fully saturated rings. The molecule has 0 aromatic carbocycles. The number of carbonyl (C=O) groups excluding carboxylic acids is 2. The predicted molar refractivity (Wildman–Crippen MR) is 210 cm³/mol. The maximum absolute atomic E-state index is 11.5. The molecule has 2 rings (SSSR count). The van der Waals surface area contributed by atoms with E-state index in [4.69, 9.17) is 9.47 Å². The van der Waals surface area contributed by atoms with Crippen LogP contribution in [-0.4, -0.2) is 106 Å². The highest BCUT2D eigenvalue weighted by molar-refractivity contribution is 8.74. The van der Waals surface area contributed by atoms with Gasteiger partial charge in [-0.15, -0.1) is 0 Å². The van der Waals surface area contributed by atoms with Gasteiger partial charge in [0, 0.05) is 76.9 Å². The Morgan fingerprint density at radius 3 is 1.35 bits per heavy atom. The number of amides is 2. The molecule has 0 aliphatic carbocycles. The molecule has 2 amide bonds. The van der Waals surface area contributed by atoms with Crippen LogP contribution in [0.4, 0.5) is 0 Å². The van der Waals surface area contributed by atoms with Crippen LogP contribution in [0.5, 0.6) is 0 Å². The van der Waals surface area contributed by atoms with E-state index < -0.39 is 0 Å². The van der Waals surface area contributed by atoms with Crippen molar-refractivity contribution in [3.8, 4) is 0 Å². The molecular formula is C36H66N2O6S4+2. The summed E-state index contributed by atoms with van der Waals surface area (Å²) in [4.78, 5) is 26.4. The molecule has 2 aliphatic rings. The minimum atomic E-state index is -0.379. The molecule has 2 saturated heterocycles. The van der Waals surface area contributed by atoms with E-state index in [1.54, 1.807) is 31.4 Å². The molecule has 48 heavy (non-hydrogen) atoms. The van der Waals surface area contributed by atoms with Gasteiger partial charge in [-0.2, -0.15) is 0 Å². The fourth-order valence-corrected chi connectivity index (χ4v) is 12.4. The van der Waals surface area contributed by atoms with Crippen LogP contribution < -0.4 is 0 Å². The summed E-state index contributed by atoms with van der Waals surface area (Å²) in [6.45, 7) is 3.21. The molecule has 2 aliphatic heterocycles. The van der Waals surface area contributed by atoms with Gasteiger partial charge in [0.1, 0.15) is 11.5 Å². The first-order valence-electron chi connectivity index (χ1n) is 18.3. The van der Waals surface area contributed by atoms with Crippen LogP contribution in [0.1, 0.15) is 116 Å². The van der Waals surface area contributed by atoms with Crippen molar-refractivity contribution in [3.63, 3.8) is 0 Å². The summed E-state index contributed by atoms with van der Waals surface area (Å²) in [6.07, 6.45) is 33.6. The van der Waals surface area contributed by atoms with Gasteiger partial charge in [0.05, 0.1) is 53.6 Å². The van der Waals surface area contributed by atoms with Crippen molar-refractivity contribution >= 4 is 54.3 Å². The predicted octanol–water partition coefficient (Wildman–Crippen LogP) is 7.18. The summed E-state index contributed by atoms with van der Waals surface area (Å²) >= 11 is 0. The van der Waals surface area contributed by atoms with Gasteiger partial charge < -0.3 is 29.5 Å². The van der Waals surface area contributed by atoms with E-state index in [0.29, 0.717) is 25.0 Å².